The highest BCUT2D eigenvalue weighted by Gasteiger charge is 2.21. The van der Waals surface area contributed by atoms with Gasteiger partial charge in [-0.15, -0.1) is 0 Å². The molecule has 2 rings (SSSR count). The molecule has 1 heterocycles. The van der Waals surface area contributed by atoms with Crippen LogP contribution in [0.1, 0.15) is 59.9 Å². The molecule has 1 aliphatic heterocycles. The molecule has 8 nitrogen and oxygen atoms in total. The summed E-state index contributed by atoms with van der Waals surface area (Å²) in [5, 5.41) is 11.6. The second-order valence-corrected chi connectivity index (χ2v) is 8.50. The fourth-order valence-electron chi connectivity index (χ4n) is 3.32. The molecule has 0 saturated heterocycles. The van der Waals surface area contributed by atoms with Crippen LogP contribution in [0.15, 0.2) is 23.2 Å². The van der Waals surface area contributed by atoms with Gasteiger partial charge in [0, 0.05) is 13.1 Å². The monoisotopic (exact) mass is 431 g/mol. The Labute approximate surface area is 185 Å². The Morgan fingerprint density at radius 3 is 2.19 bits per heavy atom. The van der Waals surface area contributed by atoms with E-state index in [1.165, 1.54) is 4.73 Å². The van der Waals surface area contributed by atoms with E-state index in [1.807, 2.05) is 0 Å². The molecule has 0 spiro atoms. The summed E-state index contributed by atoms with van der Waals surface area (Å²) in [5.41, 5.74) is 2.14. The fraction of sp³-hybridized carbons (Fsp3) is 0.609. The third-order valence-electron chi connectivity index (χ3n) is 5.18. The summed E-state index contributed by atoms with van der Waals surface area (Å²) in [5.74, 6) is 0. The number of amides is 1. The van der Waals surface area contributed by atoms with Crippen LogP contribution in [-0.4, -0.2) is 62.6 Å². The van der Waals surface area contributed by atoms with Crippen molar-refractivity contribution in [1.29, 1.82) is 0 Å². The van der Waals surface area contributed by atoms with Crippen LogP contribution in [0, 0.1) is 0 Å². The van der Waals surface area contributed by atoms with Crippen LogP contribution in [0.3, 0.4) is 0 Å². The van der Waals surface area contributed by atoms with Crippen molar-refractivity contribution >= 4 is 6.09 Å². The lowest BCUT2D eigenvalue weighted by Gasteiger charge is -2.26. The van der Waals surface area contributed by atoms with E-state index >= 15 is 0 Å². The number of benzene rings is 1. The van der Waals surface area contributed by atoms with Crippen molar-refractivity contribution < 1.29 is 14.7 Å². The summed E-state index contributed by atoms with van der Waals surface area (Å²) in [6.07, 6.45) is -0.661. The van der Waals surface area contributed by atoms with Gasteiger partial charge in [0.25, 0.3) is 0 Å². The third kappa shape index (κ3) is 6.77. The molecule has 0 atom stereocenters. The van der Waals surface area contributed by atoms with Crippen molar-refractivity contribution in [1.82, 2.24) is 19.5 Å². The number of hydrogen-bond donors (Lipinski definition) is 1. The fourth-order valence-corrected chi connectivity index (χ4v) is 3.32. The third-order valence-corrected chi connectivity index (χ3v) is 5.18. The molecule has 1 N–H and O–H groups in total. The maximum Gasteiger partial charge on any atom is 0.434 e. The van der Waals surface area contributed by atoms with Crippen LogP contribution < -0.4 is 5.36 Å². The normalized spacial score (nSPS) is 12.9. The van der Waals surface area contributed by atoms with Gasteiger partial charge in [0.05, 0.1) is 22.4 Å². The van der Waals surface area contributed by atoms with Gasteiger partial charge in [0.1, 0.15) is 11.3 Å². The van der Waals surface area contributed by atoms with Crippen LogP contribution in [0.4, 0.5) is 4.79 Å². The quantitative estimate of drug-likeness (QED) is 0.641. The first-order valence-corrected chi connectivity index (χ1v) is 11.1. The number of hydrogen-bond acceptors (Lipinski definition) is 6. The van der Waals surface area contributed by atoms with Gasteiger partial charge in [0.15, 0.2) is 0 Å². The van der Waals surface area contributed by atoms with E-state index in [1.54, 1.807) is 39.0 Å². The molecular weight excluding hydrogens is 394 g/mol. The molecule has 0 aromatic heterocycles. The highest BCUT2D eigenvalue weighted by molar-refractivity contribution is 5.69. The Bertz CT molecular complexity index is 909. The van der Waals surface area contributed by atoms with Crippen molar-refractivity contribution in [3.63, 3.8) is 0 Å². The van der Waals surface area contributed by atoms with Crippen molar-refractivity contribution in [2.45, 2.75) is 67.2 Å². The van der Waals surface area contributed by atoms with Gasteiger partial charge in [-0.25, -0.2) is 9.78 Å². The van der Waals surface area contributed by atoms with E-state index in [-0.39, 0.29) is 0 Å². The minimum atomic E-state index is -0.661. The molecule has 1 aliphatic carbocycles. The van der Waals surface area contributed by atoms with E-state index in [0.29, 0.717) is 29.8 Å². The summed E-state index contributed by atoms with van der Waals surface area (Å²) in [4.78, 5) is 25.5. The van der Waals surface area contributed by atoms with Crippen LogP contribution in [0.25, 0.3) is 11.4 Å². The van der Waals surface area contributed by atoms with Gasteiger partial charge >= 0.3 is 6.09 Å². The van der Waals surface area contributed by atoms with Gasteiger partial charge in [-0.05, 0) is 65.1 Å². The van der Waals surface area contributed by atoms with Gasteiger partial charge in [0.2, 0.25) is 0 Å². The van der Waals surface area contributed by atoms with Crippen molar-refractivity contribution in [2.24, 2.45) is 4.99 Å². The van der Waals surface area contributed by atoms with Gasteiger partial charge in [-0.2, -0.15) is 9.72 Å². The molecule has 0 saturated carbocycles. The first-order chi connectivity index (χ1) is 14.6. The van der Waals surface area contributed by atoms with Crippen LogP contribution in [0.2, 0.25) is 0 Å². The highest BCUT2D eigenvalue weighted by Crippen LogP contribution is 2.23. The summed E-state index contributed by atoms with van der Waals surface area (Å²) in [6, 6.07) is 5.15. The predicted octanol–water partition coefficient (Wildman–Crippen LogP) is 3.74. The van der Waals surface area contributed by atoms with E-state index in [4.69, 9.17) is 9.72 Å². The first kappa shape index (κ1) is 24.8. The predicted molar refractivity (Wildman–Crippen MR) is 121 cm³/mol. The molecule has 0 bridgehead atoms. The van der Waals surface area contributed by atoms with Crippen LogP contribution in [0.5, 0.6) is 0 Å². The summed E-state index contributed by atoms with van der Waals surface area (Å²) in [6.45, 7) is 18.6. The molecule has 0 aromatic rings. The van der Waals surface area contributed by atoms with Gasteiger partial charge in [-0.1, -0.05) is 27.7 Å². The Balaban J connectivity index is 2.58. The molecule has 31 heavy (non-hydrogen) atoms. The van der Waals surface area contributed by atoms with Crippen LogP contribution in [-0.2, 0) is 17.8 Å². The number of ether oxygens (including phenoxy) is 1. The summed E-state index contributed by atoms with van der Waals surface area (Å²) in [7, 11) is 0. The number of aromatic nitrogens is 2. The van der Waals surface area contributed by atoms with Crippen molar-refractivity contribution in [3.8, 4) is 11.4 Å². The molecule has 1 amide bonds. The van der Waals surface area contributed by atoms with Crippen LogP contribution >= 0.6 is 0 Å². The number of fused-ring (bicyclic) bond motifs is 1. The molecule has 0 fully saturated rings. The Morgan fingerprint density at radius 1 is 1.06 bits per heavy atom. The Hall–Kier alpha value is -2.45. The second-order valence-electron chi connectivity index (χ2n) is 8.50. The second kappa shape index (κ2) is 10.7. The largest absolute Gasteiger partial charge is 0.442 e. The van der Waals surface area contributed by atoms with E-state index in [9.17, 15) is 10.0 Å². The number of nitrogens with zero attached hydrogens (tertiary/aromatic N) is 5. The summed E-state index contributed by atoms with van der Waals surface area (Å²) >= 11 is 0. The Morgan fingerprint density at radius 2 is 1.65 bits per heavy atom. The van der Waals surface area contributed by atoms with Crippen molar-refractivity contribution in [2.75, 3.05) is 26.2 Å². The zero-order chi connectivity index (χ0) is 23.2. The average molecular weight is 432 g/mol. The maximum absolute atomic E-state index is 12.1. The van der Waals surface area contributed by atoms with E-state index in [2.05, 4.69) is 42.5 Å². The first-order valence-electron chi connectivity index (χ1n) is 11.1. The minimum Gasteiger partial charge on any atom is -0.442 e. The molecule has 0 radical (unpaired) electrons. The zero-order valence-electron chi connectivity index (χ0n) is 20.0. The topological polar surface area (TPSA) is 83.2 Å². The Kier molecular flexibility index (Phi) is 8.59. The standard InChI is InChI=1S/C23H37N5O3/c1-8-26(9-2)15-19-21(16-27(10-3)11-4)28(30)20-14-17(12-13-18(20)25-19)24-22(29)31-23(5,6)7/h12-14,30H,8-11,15-16H2,1-7H3/b24-17+. The highest BCUT2D eigenvalue weighted by atomic mass is 16.6. The molecular formula is C23H37N5O3. The minimum absolute atomic E-state index is 0.414. The maximum atomic E-state index is 12.1. The van der Waals surface area contributed by atoms with Crippen molar-refractivity contribution in [3.05, 3.63) is 34.9 Å². The SMILES string of the molecule is CCN(CC)Cc1nc2cc/c(=N\C(=O)OC(C)(C)C)cc-2n(O)c1CN(CC)CC. The van der Waals surface area contributed by atoms with Gasteiger partial charge < -0.3 is 9.94 Å². The smallest absolute Gasteiger partial charge is 0.434 e. The van der Waals surface area contributed by atoms with Gasteiger partial charge in [-0.3, -0.25) is 9.80 Å². The summed E-state index contributed by atoms with van der Waals surface area (Å²) < 4.78 is 6.48. The molecule has 172 valence electrons. The molecule has 0 unspecified atom stereocenters. The zero-order valence-corrected chi connectivity index (χ0v) is 20.0. The number of carbonyl (C=O) groups is 1. The lowest BCUT2D eigenvalue weighted by atomic mass is 10.1. The lowest BCUT2D eigenvalue weighted by Crippen LogP contribution is -2.30. The number of carbonyl (C=O) groups excluding carboxylic acids is 1. The average Bonchev–Trinajstić information content (AvgIpc) is 2.70. The molecule has 8 heteroatoms. The molecule has 2 aliphatic rings. The molecule has 0 aromatic carbocycles. The van der Waals surface area contributed by atoms with E-state index < -0.39 is 11.7 Å². The lowest BCUT2D eigenvalue weighted by molar-refractivity contribution is 0.0597. The number of rotatable bonds is 8. The van der Waals surface area contributed by atoms with E-state index in [0.717, 1.165) is 37.6 Å².